The van der Waals surface area contributed by atoms with Gasteiger partial charge in [-0.3, -0.25) is 4.98 Å². The Morgan fingerprint density at radius 1 is 1.24 bits per heavy atom. The Balaban J connectivity index is 1.78. The van der Waals surface area contributed by atoms with Gasteiger partial charge in [0.2, 0.25) is 0 Å². The summed E-state index contributed by atoms with van der Waals surface area (Å²) in [6.45, 7) is 3.26. The predicted molar refractivity (Wildman–Crippen MR) is 90.9 cm³/mol. The van der Waals surface area contributed by atoms with Crippen LogP contribution < -0.4 is 0 Å². The zero-order chi connectivity index (χ0) is 14.7. The second-order valence-corrected chi connectivity index (χ2v) is 7.19. The molecule has 21 heavy (non-hydrogen) atoms. The molecule has 1 aliphatic rings. The molecule has 114 valence electrons. The lowest BCUT2D eigenvalue weighted by Crippen LogP contribution is -2.06. The number of nitrogens with zero attached hydrogens (tertiary/aromatic N) is 3. The van der Waals surface area contributed by atoms with Gasteiger partial charge in [-0.25, -0.2) is 4.98 Å². The highest BCUT2D eigenvalue weighted by Gasteiger charge is 2.25. The van der Waals surface area contributed by atoms with Crippen molar-refractivity contribution < 1.29 is 0 Å². The average molecular weight is 303 g/mol. The number of thioether (sulfide) groups is 1. The summed E-state index contributed by atoms with van der Waals surface area (Å²) in [6.07, 6.45) is 13.9. The number of rotatable bonds is 8. The van der Waals surface area contributed by atoms with Gasteiger partial charge in [0.25, 0.3) is 0 Å². The van der Waals surface area contributed by atoms with Gasteiger partial charge in [-0.2, -0.15) is 11.8 Å². The Morgan fingerprint density at radius 2 is 2.10 bits per heavy atom. The lowest BCUT2D eigenvalue weighted by atomic mass is 10.2. The molecule has 2 aromatic rings. The summed E-state index contributed by atoms with van der Waals surface area (Å²) >= 11 is 1.95. The van der Waals surface area contributed by atoms with Gasteiger partial charge < -0.3 is 4.57 Å². The van der Waals surface area contributed by atoms with Crippen LogP contribution in [0.3, 0.4) is 0 Å². The monoisotopic (exact) mass is 303 g/mol. The van der Waals surface area contributed by atoms with E-state index in [9.17, 15) is 0 Å². The van der Waals surface area contributed by atoms with E-state index in [2.05, 4.69) is 22.7 Å². The van der Waals surface area contributed by atoms with E-state index in [0.29, 0.717) is 0 Å². The maximum absolute atomic E-state index is 4.87. The summed E-state index contributed by atoms with van der Waals surface area (Å²) < 4.78 is 2.48. The quantitative estimate of drug-likeness (QED) is 0.684. The van der Waals surface area contributed by atoms with E-state index >= 15 is 0 Å². The molecule has 4 heteroatoms. The van der Waals surface area contributed by atoms with Crippen molar-refractivity contribution in [1.82, 2.24) is 14.5 Å². The van der Waals surface area contributed by atoms with Crippen LogP contribution in [0.15, 0.2) is 12.4 Å². The molecule has 0 N–H and O–H groups in total. The third kappa shape index (κ3) is 3.60. The van der Waals surface area contributed by atoms with Crippen LogP contribution in [-0.2, 0) is 13.0 Å². The normalized spacial score (nSPS) is 15.0. The first kappa shape index (κ1) is 14.9. The average Bonchev–Trinajstić information content (AvgIpc) is 3.21. The summed E-state index contributed by atoms with van der Waals surface area (Å²) in [5, 5.41) is 0. The van der Waals surface area contributed by atoms with Gasteiger partial charge >= 0.3 is 0 Å². The molecule has 2 aromatic heterocycles. The number of hydrogen-bond acceptors (Lipinski definition) is 3. The molecule has 0 saturated heterocycles. The van der Waals surface area contributed by atoms with Crippen molar-refractivity contribution in [3.63, 3.8) is 0 Å². The molecule has 3 rings (SSSR count). The van der Waals surface area contributed by atoms with E-state index in [1.54, 1.807) is 0 Å². The lowest BCUT2D eigenvalue weighted by Gasteiger charge is -2.10. The Labute approximate surface area is 131 Å². The van der Waals surface area contributed by atoms with E-state index in [4.69, 9.17) is 4.98 Å². The number of imidazole rings is 1. The Hall–Kier alpha value is -1.03. The van der Waals surface area contributed by atoms with E-state index < -0.39 is 0 Å². The molecule has 0 amide bonds. The first-order chi connectivity index (χ1) is 10.3. The smallest absolute Gasteiger partial charge is 0.110 e. The molecule has 0 atom stereocenters. The minimum atomic E-state index is 0.880. The van der Waals surface area contributed by atoms with Crippen molar-refractivity contribution >= 4 is 22.8 Å². The van der Waals surface area contributed by atoms with Crippen LogP contribution in [0.2, 0.25) is 0 Å². The maximum atomic E-state index is 4.87. The summed E-state index contributed by atoms with van der Waals surface area (Å²) in [5.41, 5.74) is 3.64. The highest BCUT2D eigenvalue weighted by Crippen LogP contribution is 2.33. The highest BCUT2D eigenvalue weighted by molar-refractivity contribution is 7.98. The fourth-order valence-corrected chi connectivity index (χ4v) is 3.47. The Kier molecular flexibility index (Phi) is 4.84. The first-order valence-electron chi connectivity index (χ1n) is 8.08. The van der Waals surface area contributed by atoms with Crippen molar-refractivity contribution in [3.8, 4) is 0 Å². The lowest BCUT2D eigenvalue weighted by molar-refractivity contribution is 0.582. The fourth-order valence-electron chi connectivity index (χ4n) is 2.98. The third-order valence-electron chi connectivity index (χ3n) is 4.31. The summed E-state index contributed by atoms with van der Waals surface area (Å²) in [5.74, 6) is 3.45. The minimum absolute atomic E-state index is 0.880. The van der Waals surface area contributed by atoms with E-state index in [-0.39, 0.29) is 0 Å². The number of aromatic nitrogens is 3. The topological polar surface area (TPSA) is 30.7 Å². The first-order valence-corrected chi connectivity index (χ1v) is 9.47. The molecule has 0 unspecified atom stereocenters. The van der Waals surface area contributed by atoms with Gasteiger partial charge in [0.05, 0.1) is 11.7 Å². The second-order valence-electron chi connectivity index (χ2n) is 6.20. The second kappa shape index (κ2) is 6.82. The number of fused-ring (bicyclic) bond motifs is 1. The minimum Gasteiger partial charge on any atom is -0.328 e. The van der Waals surface area contributed by atoms with Gasteiger partial charge in [0.15, 0.2) is 0 Å². The molecule has 0 spiro atoms. The molecule has 0 aliphatic heterocycles. The highest BCUT2D eigenvalue weighted by atomic mass is 32.2. The molecule has 2 heterocycles. The fraction of sp³-hybridized carbons (Fsp3) is 0.647. The molecule has 3 nitrogen and oxygen atoms in total. The van der Waals surface area contributed by atoms with Crippen LogP contribution in [0.4, 0.5) is 0 Å². The van der Waals surface area contributed by atoms with Crippen molar-refractivity contribution in [1.29, 1.82) is 0 Å². The van der Waals surface area contributed by atoms with Gasteiger partial charge in [0, 0.05) is 19.2 Å². The molecular weight excluding hydrogens is 278 g/mol. The molecule has 1 saturated carbocycles. The van der Waals surface area contributed by atoms with E-state index in [1.807, 2.05) is 24.2 Å². The number of hydrogen-bond donors (Lipinski definition) is 0. The zero-order valence-electron chi connectivity index (χ0n) is 13.1. The van der Waals surface area contributed by atoms with E-state index in [1.165, 1.54) is 54.8 Å². The van der Waals surface area contributed by atoms with Gasteiger partial charge in [-0.05, 0) is 56.1 Å². The van der Waals surface area contributed by atoms with Crippen molar-refractivity contribution in [2.75, 3.05) is 12.0 Å². The van der Waals surface area contributed by atoms with Gasteiger partial charge in [0.1, 0.15) is 11.3 Å². The summed E-state index contributed by atoms with van der Waals surface area (Å²) in [7, 11) is 0. The van der Waals surface area contributed by atoms with Gasteiger partial charge in [-0.15, -0.1) is 0 Å². The zero-order valence-corrected chi connectivity index (χ0v) is 14.0. The predicted octanol–water partition coefficient (Wildman–Crippen LogP) is 4.23. The van der Waals surface area contributed by atoms with Crippen molar-refractivity contribution in [3.05, 3.63) is 23.8 Å². The van der Waals surface area contributed by atoms with Crippen LogP contribution in [0, 0.1) is 12.8 Å². The molecular formula is C17H25N3S. The molecule has 1 aliphatic carbocycles. The maximum Gasteiger partial charge on any atom is 0.110 e. The van der Waals surface area contributed by atoms with Crippen molar-refractivity contribution in [2.45, 2.75) is 52.0 Å². The van der Waals surface area contributed by atoms with Crippen molar-refractivity contribution in [2.24, 2.45) is 5.92 Å². The van der Waals surface area contributed by atoms with E-state index in [0.717, 1.165) is 24.4 Å². The van der Waals surface area contributed by atoms with Crippen LogP contribution in [0.5, 0.6) is 0 Å². The molecule has 0 aromatic carbocycles. The number of unbranched alkanes of at least 4 members (excludes halogenated alkanes) is 2. The molecule has 0 radical (unpaired) electrons. The van der Waals surface area contributed by atoms with Crippen LogP contribution >= 0.6 is 11.8 Å². The largest absolute Gasteiger partial charge is 0.328 e. The third-order valence-corrected chi connectivity index (χ3v) is 5.01. The Bertz CT molecular complexity index is 601. The van der Waals surface area contributed by atoms with Crippen LogP contribution in [0.25, 0.3) is 11.0 Å². The summed E-state index contributed by atoms with van der Waals surface area (Å²) in [6, 6.07) is 0. The summed E-state index contributed by atoms with van der Waals surface area (Å²) in [4.78, 5) is 9.17. The SMILES string of the molecule is CSCCCCCn1c(CC2CC2)nc2cncc(C)c21. The van der Waals surface area contributed by atoms with Gasteiger partial charge in [-0.1, -0.05) is 6.42 Å². The van der Waals surface area contributed by atoms with Crippen LogP contribution in [-0.4, -0.2) is 26.5 Å². The molecule has 1 fully saturated rings. The Morgan fingerprint density at radius 3 is 2.86 bits per heavy atom. The standard InChI is InChI=1S/C17H25N3S/c1-13-11-18-12-15-17(13)20(8-4-3-5-9-21-2)16(19-15)10-14-6-7-14/h11-12,14H,3-10H2,1-2H3. The number of pyridine rings is 1. The molecule has 0 bridgehead atoms. The van der Waals surface area contributed by atoms with Crippen LogP contribution in [0.1, 0.15) is 43.5 Å². The number of aryl methyl sites for hydroxylation is 2.